The van der Waals surface area contributed by atoms with E-state index in [9.17, 15) is 0 Å². The maximum Gasteiger partial charge on any atom is 0.193 e. The molecule has 0 aliphatic carbocycles. The van der Waals surface area contributed by atoms with Crippen LogP contribution in [0.2, 0.25) is 0 Å². The number of benzene rings is 1. The third-order valence-electron chi connectivity index (χ3n) is 5.13. The van der Waals surface area contributed by atoms with Crippen LogP contribution in [0.25, 0.3) is 0 Å². The average molecular weight is 354 g/mol. The standard InChI is InChI=1S/C21H31N5/c1-3-22-21(23-12-7-14-26-15-8-13-24-26)25-16-11-20(18(2)17-25)19-9-5-4-6-10-19/h4-6,8-10,13,15,18,20H,3,7,11-12,14,16-17H2,1-2H3,(H,22,23). The van der Waals surface area contributed by atoms with E-state index in [0.29, 0.717) is 11.8 Å². The summed E-state index contributed by atoms with van der Waals surface area (Å²) in [5.74, 6) is 2.33. The summed E-state index contributed by atoms with van der Waals surface area (Å²) in [7, 11) is 0. The van der Waals surface area contributed by atoms with Crippen LogP contribution < -0.4 is 5.32 Å². The van der Waals surface area contributed by atoms with Gasteiger partial charge in [-0.1, -0.05) is 37.3 Å². The lowest BCUT2D eigenvalue weighted by Gasteiger charge is -2.39. The number of hydrogen-bond donors (Lipinski definition) is 1. The minimum atomic E-state index is 0.624. The van der Waals surface area contributed by atoms with Gasteiger partial charge in [0.2, 0.25) is 0 Å². The van der Waals surface area contributed by atoms with Crippen molar-refractivity contribution in [3.05, 3.63) is 54.4 Å². The van der Waals surface area contributed by atoms with Gasteiger partial charge in [0, 0.05) is 45.1 Å². The molecule has 2 heterocycles. The van der Waals surface area contributed by atoms with E-state index in [1.54, 1.807) is 0 Å². The van der Waals surface area contributed by atoms with Crippen molar-refractivity contribution in [2.45, 2.75) is 39.2 Å². The number of aromatic nitrogens is 2. The third kappa shape index (κ3) is 4.87. The van der Waals surface area contributed by atoms with Crippen LogP contribution in [0.3, 0.4) is 0 Å². The first kappa shape index (κ1) is 18.5. The van der Waals surface area contributed by atoms with E-state index >= 15 is 0 Å². The Balaban J connectivity index is 1.55. The molecule has 3 rings (SSSR count). The molecule has 5 heteroatoms. The summed E-state index contributed by atoms with van der Waals surface area (Å²) in [6.07, 6.45) is 6.02. The first-order valence-electron chi connectivity index (χ1n) is 9.83. The lowest BCUT2D eigenvalue weighted by Crippen LogP contribution is -2.48. The van der Waals surface area contributed by atoms with E-state index < -0.39 is 0 Å². The summed E-state index contributed by atoms with van der Waals surface area (Å²) in [6, 6.07) is 12.9. The Bertz CT molecular complexity index is 665. The van der Waals surface area contributed by atoms with Crippen molar-refractivity contribution in [3.63, 3.8) is 0 Å². The Kier molecular flexibility index (Phi) is 6.69. The molecule has 0 spiro atoms. The van der Waals surface area contributed by atoms with Gasteiger partial charge in [-0.25, -0.2) is 0 Å². The van der Waals surface area contributed by atoms with Gasteiger partial charge in [-0.05, 0) is 43.2 Å². The highest BCUT2D eigenvalue weighted by atomic mass is 15.3. The highest BCUT2D eigenvalue weighted by Gasteiger charge is 2.28. The number of nitrogens with zero attached hydrogens (tertiary/aromatic N) is 4. The second-order valence-corrected chi connectivity index (χ2v) is 7.09. The van der Waals surface area contributed by atoms with Gasteiger partial charge in [0.25, 0.3) is 0 Å². The van der Waals surface area contributed by atoms with Crippen LogP contribution >= 0.6 is 0 Å². The van der Waals surface area contributed by atoms with Crippen LogP contribution in [0.1, 0.15) is 38.2 Å². The fourth-order valence-corrected chi connectivity index (χ4v) is 3.81. The zero-order valence-corrected chi connectivity index (χ0v) is 16.0. The second-order valence-electron chi connectivity index (χ2n) is 7.09. The van der Waals surface area contributed by atoms with Gasteiger partial charge in [0.15, 0.2) is 5.96 Å². The van der Waals surface area contributed by atoms with Crippen molar-refractivity contribution in [1.29, 1.82) is 0 Å². The number of rotatable bonds is 6. The van der Waals surface area contributed by atoms with Crippen molar-refractivity contribution >= 4 is 5.96 Å². The van der Waals surface area contributed by atoms with E-state index in [4.69, 9.17) is 4.99 Å². The highest BCUT2D eigenvalue weighted by molar-refractivity contribution is 5.80. The first-order valence-corrected chi connectivity index (χ1v) is 9.83. The minimum absolute atomic E-state index is 0.624. The number of nitrogens with one attached hydrogen (secondary N) is 1. The van der Waals surface area contributed by atoms with Crippen LogP contribution in [0.4, 0.5) is 0 Å². The summed E-state index contributed by atoms with van der Waals surface area (Å²) in [5, 5.41) is 7.72. The van der Waals surface area contributed by atoms with E-state index in [0.717, 1.165) is 45.1 Å². The van der Waals surface area contributed by atoms with Crippen LogP contribution in [-0.2, 0) is 6.54 Å². The van der Waals surface area contributed by atoms with E-state index in [2.05, 4.69) is 59.5 Å². The zero-order valence-electron chi connectivity index (χ0n) is 16.0. The number of piperidine rings is 1. The molecule has 1 aromatic heterocycles. The van der Waals surface area contributed by atoms with E-state index in [-0.39, 0.29) is 0 Å². The monoisotopic (exact) mass is 353 g/mol. The molecule has 0 saturated carbocycles. The summed E-state index contributed by atoms with van der Waals surface area (Å²) in [4.78, 5) is 7.29. The Morgan fingerprint density at radius 2 is 2.12 bits per heavy atom. The van der Waals surface area contributed by atoms with Crippen LogP contribution in [0.15, 0.2) is 53.8 Å². The molecule has 0 radical (unpaired) electrons. The molecule has 0 bridgehead atoms. The molecule has 2 unspecified atom stereocenters. The lowest BCUT2D eigenvalue weighted by molar-refractivity contribution is 0.234. The number of aryl methyl sites for hydroxylation is 1. The molecule has 5 nitrogen and oxygen atoms in total. The maximum atomic E-state index is 4.86. The molecular weight excluding hydrogens is 322 g/mol. The molecule has 2 atom stereocenters. The Morgan fingerprint density at radius 1 is 1.27 bits per heavy atom. The van der Waals surface area contributed by atoms with Crippen molar-refractivity contribution in [3.8, 4) is 0 Å². The second kappa shape index (κ2) is 9.41. The largest absolute Gasteiger partial charge is 0.357 e. The molecule has 140 valence electrons. The third-order valence-corrected chi connectivity index (χ3v) is 5.13. The van der Waals surface area contributed by atoms with Gasteiger partial charge in [-0.15, -0.1) is 0 Å². The molecule has 0 amide bonds. The molecule has 1 aliphatic heterocycles. The van der Waals surface area contributed by atoms with Gasteiger partial charge in [0.1, 0.15) is 0 Å². The highest BCUT2D eigenvalue weighted by Crippen LogP contribution is 2.32. The number of aliphatic imine (C=N–C) groups is 1. The lowest BCUT2D eigenvalue weighted by atomic mass is 9.82. The van der Waals surface area contributed by atoms with Gasteiger partial charge in [-0.3, -0.25) is 9.67 Å². The number of hydrogen-bond acceptors (Lipinski definition) is 2. The number of likely N-dealkylation sites (tertiary alicyclic amines) is 1. The van der Waals surface area contributed by atoms with Crippen LogP contribution in [0.5, 0.6) is 0 Å². The van der Waals surface area contributed by atoms with Crippen molar-refractivity contribution in [2.75, 3.05) is 26.2 Å². The first-order chi connectivity index (χ1) is 12.8. The fourth-order valence-electron chi connectivity index (χ4n) is 3.81. The zero-order chi connectivity index (χ0) is 18.2. The maximum absolute atomic E-state index is 4.86. The molecule has 2 aromatic rings. The van der Waals surface area contributed by atoms with Crippen molar-refractivity contribution in [1.82, 2.24) is 20.0 Å². The fraction of sp³-hybridized carbons (Fsp3) is 0.524. The van der Waals surface area contributed by atoms with E-state index in [1.165, 1.54) is 12.0 Å². The molecular formula is C21H31N5. The Hall–Kier alpha value is -2.30. The normalized spacial score (nSPS) is 21.0. The van der Waals surface area contributed by atoms with Gasteiger partial charge < -0.3 is 10.2 Å². The van der Waals surface area contributed by atoms with Gasteiger partial charge in [0.05, 0.1) is 0 Å². The van der Waals surface area contributed by atoms with E-state index in [1.807, 2.05) is 23.1 Å². The smallest absolute Gasteiger partial charge is 0.193 e. The Labute approximate surface area is 157 Å². The molecule has 1 N–H and O–H groups in total. The summed E-state index contributed by atoms with van der Waals surface area (Å²) in [6.45, 7) is 9.28. The quantitative estimate of drug-likeness (QED) is 0.492. The van der Waals surface area contributed by atoms with Crippen molar-refractivity contribution in [2.24, 2.45) is 10.9 Å². The van der Waals surface area contributed by atoms with Crippen LogP contribution in [-0.4, -0.2) is 46.8 Å². The summed E-state index contributed by atoms with van der Waals surface area (Å²) >= 11 is 0. The molecule has 1 saturated heterocycles. The summed E-state index contributed by atoms with van der Waals surface area (Å²) in [5.41, 5.74) is 1.47. The predicted molar refractivity (Wildman–Crippen MR) is 107 cm³/mol. The number of guanidine groups is 1. The molecule has 26 heavy (non-hydrogen) atoms. The molecule has 1 aliphatic rings. The van der Waals surface area contributed by atoms with Crippen molar-refractivity contribution < 1.29 is 0 Å². The molecule has 1 aromatic carbocycles. The predicted octanol–water partition coefficient (Wildman–Crippen LogP) is 3.36. The minimum Gasteiger partial charge on any atom is -0.357 e. The summed E-state index contributed by atoms with van der Waals surface area (Å²) < 4.78 is 1.97. The average Bonchev–Trinajstić information content (AvgIpc) is 3.18. The van der Waals surface area contributed by atoms with Gasteiger partial charge >= 0.3 is 0 Å². The van der Waals surface area contributed by atoms with Crippen LogP contribution in [0, 0.1) is 5.92 Å². The SMILES string of the molecule is CCNC(=NCCCn1cccn1)N1CCC(c2ccccc2)C(C)C1. The van der Waals surface area contributed by atoms with Gasteiger partial charge in [-0.2, -0.15) is 5.10 Å². The Morgan fingerprint density at radius 3 is 2.81 bits per heavy atom. The molecule has 1 fully saturated rings. The topological polar surface area (TPSA) is 45.5 Å².